The number of aliphatic carboxylic acids is 1. The lowest BCUT2D eigenvalue weighted by Gasteiger charge is -2.33. The number of hydrogen-bond donors (Lipinski definition) is 1. The van der Waals surface area contributed by atoms with Crippen LogP contribution in [0.25, 0.3) is 0 Å². The number of carboxylic acid groups (broad SMARTS) is 1. The molecule has 1 aliphatic rings. The molecule has 2 aromatic heterocycles. The van der Waals surface area contributed by atoms with Gasteiger partial charge in [-0.3, -0.25) is 9.48 Å². The monoisotopic (exact) mass is 305 g/mol. The molecule has 2 aromatic rings. The van der Waals surface area contributed by atoms with Gasteiger partial charge in [-0.25, -0.2) is 4.79 Å². The average molecular weight is 305 g/mol. The van der Waals surface area contributed by atoms with Crippen LogP contribution in [0.5, 0.6) is 0 Å². The normalized spacial score (nSPS) is 17.6. The molecule has 0 aliphatic carbocycles. The first-order valence-electron chi connectivity index (χ1n) is 6.59. The summed E-state index contributed by atoms with van der Waals surface area (Å²) in [6.45, 7) is 2.21. The number of thiophene rings is 1. The molecule has 0 saturated carbocycles. The summed E-state index contributed by atoms with van der Waals surface area (Å²) in [4.78, 5) is 26.8. The van der Waals surface area contributed by atoms with Crippen LogP contribution in [0.3, 0.4) is 0 Å². The molecule has 1 amide bonds. The number of carboxylic acids is 1. The Hall–Kier alpha value is -2.15. The highest BCUT2D eigenvalue weighted by molar-refractivity contribution is 7.10. The van der Waals surface area contributed by atoms with Crippen molar-refractivity contribution in [2.24, 2.45) is 7.05 Å². The Kier molecular flexibility index (Phi) is 3.29. The summed E-state index contributed by atoms with van der Waals surface area (Å²) in [6.07, 6.45) is 0.694. The molecule has 7 heteroatoms. The van der Waals surface area contributed by atoms with E-state index in [1.165, 1.54) is 9.58 Å². The van der Waals surface area contributed by atoms with Gasteiger partial charge in [0.25, 0.3) is 5.91 Å². The summed E-state index contributed by atoms with van der Waals surface area (Å²) in [5, 5.41) is 15.6. The molecule has 1 aliphatic heterocycles. The lowest BCUT2D eigenvalue weighted by atomic mass is 9.99. The van der Waals surface area contributed by atoms with Crippen molar-refractivity contribution in [3.8, 4) is 0 Å². The van der Waals surface area contributed by atoms with Gasteiger partial charge in [-0.15, -0.1) is 11.3 Å². The van der Waals surface area contributed by atoms with Gasteiger partial charge in [0.05, 0.1) is 5.69 Å². The van der Waals surface area contributed by atoms with E-state index in [1.807, 2.05) is 5.38 Å². The van der Waals surface area contributed by atoms with Crippen molar-refractivity contribution in [2.45, 2.75) is 19.4 Å². The molecule has 1 N–H and O–H groups in total. The van der Waals surface area contributed by atoms with E-state index in [9.17, 15) is 14.7 Å². The number of fused-ring (bicyclic) bond motifs is 1. The maximum Gasteiger partial charge on any atom is 0.331 e. The molecule has 0 fully saturated rings. The van der Waals surface area contributed by atoms with Gasteiger partial charge in [0.1, 0.15) is 5.69 Å². The summed E-state index contributed by atoms with van der Waals surface area (Å²) in [5.74, 6) is -1.29. The molecule has 110 valence electrons. The van der Waals surface area contributed by atoms with Crippen molar-refractivity contribution in [3.63, 3.8) is 0 Å². The van der Waals surface area contributed by atoms with Crippen LogP contribution in [0.15, 0.2) is 17.5 Å². The third-order valence-corrected chi connectivity index (χ3v) is 4.68. The largest absolute Gasteiger partial charge is 0.479 e. The van der Waals surface area contributed by atoms with Crippen molar-refractivity contribution >= 4 is 23.2 Å². The van der Waals surface area contributed by atoms with Crippen LogP contribution in [0.4, 0.5) is 0 Å². The van der Waals surface area contributed by atoms with E-state index in [2.05, 4.69) is 5.10 Å². The van der Waals surface area contributed by atoms with Crippen LogP contribution in [0, 0.1) is 6.92 Å². The Labute approximate surface area is 125 Å². The van der Waals surface area contributed by atoms with Crippen molar-refractivity contribution in [1.82, 2.24) is 14.7 Å². The van der Waals surface area contributed by atoms with Gasteiger partial charge < -0.3 is 10.0 Å². The van der Waals surface area contributed by atoms with Crippen LogP contribution in [-0.2, 0) is 18.3 Å². The van der Waals surface area contributed by atoms with Gasteiger partial charge in [-0.2, -0.15) is 5.10 Å². The number of carbonyl (C=O) groups is 2. The average Bonchev–Trinajstić information content (AvgIpc) is 3.02. The van der Waals surface area contributed by atoms with E-state index in [0.717, 1.165) is 16.1 Å². The molecular formula is C14H15N3O3S. The molecule has 21 heavy (non-hydrogen) atoms. The quantitative estimate of drug-likeness (QED) is 0.914. The Bertz CT molecular complexity index is 719. The van der Waals surface area contributed by atoms with Crippen molar-refractivity contribution in [2.75, 3.05) is 6.54 Å². The molecule has 0 saturated heterocycles. The lowest BCUT2D eigenvalue weighted by Crippen LogP contribution is -2.43. The maximum absolute atomic E-state index is 12.7. The van der Waals surface area contributed by atoms with Crippen molar-refractivity contribution in [1.29, 1.82) is 0 Å². The predicted octanol–water partition coefficient (Wildman–Crippen LogP) is 1.61. The summed E-state index contributed by atoms with van der Waals surface area (Å²) in [7, 11) is 1.69. The second kappa shape index (κ2) is 5.00. The minimum Gasteiger partial charge on any atom is -0.479 e. The Balaban J connectivity index is 2.00. The van der Waals surface area contributed by atoms with Crippen LogP contribution in [-0.4, -0.2) is 38.2 Å². The molecule has 1 atom stereocenters. The molecule has 3 heterocycles. The molecule has 0 bridgehead atoms. The number of carbonyl (C=O) groups excluding carboxylic acids is 1. The summed E-state index contributed by atoms with van der Waals surface area (Å²) in [6, 6.07) is 2.57. The van der Waals surface area contributed by atoms with E-state index < -0.39 is 12.0 Å². The minimum absolute atomic E-state index is 0.289. The highest BCUT2D eigenvalue weighted by atomic mass is 32.1. The zero-order valence-electron chi connectivity index (χ0n) is 11.7. The van der Waals surface area contributed by atoms with Crippen LogP contribution in [0.1, 0.15) is 32.7 Å². The van der Waals surface area contributed by atoms with E-state index in [4.69, 9.17) is 0 Å². The third-order valence-electron chi connectivity index (χ3n) is 3.68. The van der Waals surface area contributed by atoms with Gasteiger partial charge in [-0.05, 0) is 36.4 Å². The molecular weight excluding hydrogens is 290 g/mol. The third kappa shape index (κ3) is 2.23. The van der Waals surface area contributed by atoms with E-state index in [0.29, 0.717) is 18.7 Å². The number of hydrogen-bond acceptors (Lipinski definition) is 4. The fraction of sp³-hybridized carbons (Fsp3) is 0.357. The second-order valence-electron chi connectivity index (χ2n) is 5.08. The van der Waals surface area contributed by atoms with Gasteiger partial charge in [-0.1, -0.05) is 0 Å². The van der Waals surface area contributed by atoms with E-state index in [1.54, 1.807) is 37.4 Å². The molecule has 0 radical (unpaired) electrons. The van der Waals surface area contributed by atoms with Gasteiger partial charge in [0, 0.05) is 18.5 Å². The van der Waals surface area contributed by atoms with Gasteiger partial charge >= 0.3 is 5.97 Å². The Morgan fingerprint density at radius 1 is 1.48 bits per heavy atom. The van der Waals surface area contributed by atoms with Crippen LogP contribution < -0.4 is 0 Å². The minimum atomic E-state index is -0.999. The summed E-state index contributed by atoms with van der Waals surface area (Å²) < 4.78 is 1.50. The number of nitrogens with zero attached hydrogens (tertiary/aromatic N) is 3. The zero-order chi connectivity index (χ0) is 15.1. The number of aromatic nitrogens is 2. The Morgan fingerprint density at radius 3 is 2.86 bits per heavy atom. The summed E-state index contributed by atoms with van der Waals surface area (Å²) in [5.41, 5.74) is 1.88. The molecule has 0 aromatic carbocycles. The number of amides is 1. The smallest absolute Gasteiger partial charge is 0.331 e. The second-order valence-corrected chi connectivity index (χ2v) is 6.08. The predicted molar refractivity (Wildman–Crippen MR) is 77.4 cm³/mol. The topological polar surface area (TPSA) is 75.4 Å². The first-order chi connectivity index (χ1) is 9.99. The number of rotatable bonds is 2. The zero-order valence-corrected chi connectivity index (χ0v) is 12.6. The van der Waals surface area contributed by atoms with Crippen molar-refractivity contribution < 1.29 is 14.7 Å². The maximum atomic E-state index is 12.7. The van der Waals surface area contributed by atoms with E-state index in [-0.39, 0.29) is 5.91 Å². The molecule has 6 nitrogen and oxygen atoms in total. The highest BCUT2D eigenvalue weighted by Gasteiger charge is 2.37. The fourth-order valence-corrected chi connectivity index (χ4v) is 3.66. The van der Waals surface area contributed by atoms with Crippen LogP contribution in [0.2, 0.25) is 0 Å². The van der Waals surface area contributed by atoms with Gasteiger partial charge in [0.15, 0.2) is 6.04 Å². The lowest BCUT2D eigenvalue weighted by molar-refractivity contribution is -0.143. The standard InChI is InChI=1S/C14H15N3O3S/c1-8-7-10(16(2)15-8)13(18)17-5-3-11-9(4-6-21-11)12(17)14(19)20/h4,6-7,12H,3,5H2,1-2H3,(H,19,20). The first-order valence-corrected chi connectivity index (χ1v) is 7.47. The molecule has 1 unspecified atom stereocenters. The van der Waals surface area contributed by atoms with Gasteiger partial charge in [0.2, 0.25) is 0 Å². The highest BCUT2D eigenvalue weighted by Crippen LogP contribution is 2.34. The first kappa shape index (κ1) is 13.8. The van der Waals surface area contributed by atoms with Crippen LogP contribution >= 0.6 is 11.3 Å². The Morgan fingerprint density at radius 2 is 2.24 bits per heavy atom. The van der Waals surface area contributed by atoms with Crippen molar-refractivity contribution in [3.05, 3.63) is 39.3 Å². The molecule has 3 rings (SSSR count). The number of aryl methyl sites for hydroxylation is 2. The fourth-order valence-electron chi connectivity index (χ4n) is 2.76. The summed E-state index contributed by atoms with van der Waals surface area (Å²) >= 11 is 1.54. The molecule has 0 spiro atoms. The SMILES string of the molecule is Cc1cc(C(=O)N2CCc3sccc3C2C(=O)O)n(C)n1. The van der Waals surface area contributed by atoms with E-state index >= 15 is 0 Å².